The average molecular weight is 785 g/mol. The van der Waals surface area contributed by atoms with E-state index in [4.69, 9.17) is 8.83 Å². The minimum atomic E-state index is 0.383. The highest BCUT2D eigenvalue weighted by Crippen LogP contribution is 2.42. The van der Waals surface area contributed by atoms with Crippen LogP contribution in [0.3, 0.4) is 0 Å². The highest BCUT2D eigenvalue weighted by atomic mass is 16.3. The number of furan rings is 2. The normalized spacial score (nSPS) is 12.2. The van der Waals surface area contributed by atoms with Crippen LogP contribution in [0.5, 0.6) is 0 Å². The molecule has 292 valence electrons. The number of rotatable bonds is 8. The predicted molar refractivity (Wildman–Crippen MR) is 257 cm³/mol. The molecule has 0 aliphatic rings. The molecule has 0 N–H and O–H groups in total. The SMILES string of the molecule is CCC(C)c1cc2c(cc1-c1cc(-c3ccccc3)ccc1C)oc1ccc(-c3cccc(-c4cccc(-c5ccc6c(c5)oc5ccc(-c7ccccc7)cc56)c4)c3)cc12. The summed E-state index contributed by atoms with van der Waals surface area (Å²) in [7, 11) is 0. The lowest BCUT2D eigenvalue weighted by molar-refractivity contribution is 0.668. The molecule has 2 aromatic heterocycles. The van der Waals surface area contributed by atoms with Crippen molar-refractivity contribution in [1.82, 2.24) is 0 Å². The van der Waals surface area contributed by atoms with E-state index in [1.54, 1.807) is 0 Å². The van der Waals surface area contributed by atoms with Gasteiger partial charge < -0.3 is 8.83 Å². The predicted octanol–water partition coefficient (Wildman–Crippen LogP) is 17.3. The largest absolute Gasteiger partial charge is 0.456 e. The van der Waals surface area contributed by atoms with E-state index >= 15 is 0 Å². The Morgan fingerprint density at radius 3 is 1.38 bits per heavy atom. The summed E-state index contributed by atoms with van der Waals surface area (Å²) in [6, 6.07) is 70.1. The fourth-order valence-electron chi connectivity index (χ4n) is 9.13. The molecule has 0 aliphatic carbocycles. The highest BCUT2D eigenvalue weighted by molar-refractivity contribution is 6.09. The first-order valence-corrected chi connectivity index (χ1v) is 21.4. The van der Waals surface area contributed by atoms with Gasteiger partial charge in [-0.25, -0.2) is 0 Å². The van der Waals surface area contributed by atoms with Crippen LogP contribution in [0.4, 0.5) is 0 Å². The van der Waals surface area contributed by atoms with Crippen LogP contribution in [0.2, 0.25) is 0 Å². The third kappa shape index (κ3) is 6.62. The first-order valence-electron chi connectivity index (χ1n) is 21.4. The molecule has 2 heterocycles. The molecule has 0 bridgehead atoms. The van der Waals surface area contributed by atoms with Crippen molar-refractivity contribution in [1.29, 1.82) is 0 Å². The molecule has 1 atom stereocenters. The number of benzene rings is 9. The van der Waals surface area contributed by atoms with Crippen LogP contribution in [-0.2, 0) is 0 Å². The van der Waals surface area contributed by atoms with Crippen molar-refractivity contribution in [2.45, 2.75) is 33.1 Å². The molecule has 11 rings (SSSR count). The van der Waals surface area contributed by atoms with Crippen LogP contribution in [0.15, 0.2) is 203 Å². The van der Waals surface area contributed by atoms with Crippen LogP contribution in [0, 0.1) is 6.92 Å². The lowest BCUT2D eigenvalue weighted by Gasteiger charge is -2.18. The molecule has 2 heteroatoms. The summed E-state index contributed by atoms with van der Waals surface area (Å²) < 4.78 is 13.0. The van der Waals surface area contributed by atoms with Crippen LogP contribution in [0.25, 0.3) is 111 Å². The zero-order valence-electron chi connectivity index (χ0n) is 34.6. The summed E-state index contributed by atoms with van der Waals surface area (Å²) >= 11 is 0. The topological polar surface area (TPSA) is 26.3 Å². The smallest absolute Gasteiger partial charge is 0.136 e. The zero-order valence-corrected chi connectivity index (χ0v) is 34.6. The summed E-state index contributed by atoms with van der Waals surface area (Å²) in [6.45, 7) is 6.83. The van der Waals surface area contributed by atoms with E-state index in [2.05, 4.69) is 215 Å². The summed E-state index contributed by atoms with van der Waals surface area (Å²) in [5.41, 5.74) is 20.5. The van der Waals surface area contributed by atoms with Crippen LogP contribution in [0.1, 0.15) is 37.3 Å². The Balaban J connectivity index is 0.933. The Morgan fingerprint density at radius 2 is 0.787 bits per heavy atom. The van der Waals surface area contributed by atoms with Crippen molar-refractivity contribution in [3.63, 3.8) is 0 Å². The molecule has 0 amide bonds. The Hall–Kier alpha value is -7.42. The Labute approximate surface area is 356 Å². The third-order valence-corrected chi connectivity index (χ3v) is 12.7. The summed E-state index contributed by atoms with van der Waals surface area (Å²) in [5.74, 6) is 0.383. The molecule has 0 spiro atoms. The van der Waals surface area contributed by atoms with Crippen molar-refractivity contribution in [3.8, 4) is 66.8 Å². The fraction of sp³-hybridized carbons (Fsp3) is 0.0847. The molecular formula is C59H44O2. The Kier molecular flexibility index (Phi) is 9.01. The molecule has 0 saturated carbocycles. The molecule has 2 nitrogen and oxygen atoms in total. The van der Waals surface area contributed by atoms with Gasteiger partial charge in [0.05, 0.1) is 0 Å². The van der Waals surface area contributed by atoms with Gasteiger partial charge >= 0.3 is 0 Å². The third-order valence-electron chi connectivity index (χ3n) is 12.7. The molecule has 0 saturated heterocycles. The van der Waals surface area contributed by atoms with E-state index in [0.717, 1.165) is 61.4 Å². The molecule has 0 radical (unpaired) electrons. The van der Waals surface area contributed by atoms with Gasteiger partial charge in [0, 0.05) is 21.5 Å². The molecule has 0 fully saturated rings. The van der Waals surface area contributed by atoms with Crippen molar-refractivity contribution in [2.24, 2.45) is 0 Å². The van der Waals surface area contributed by atoms with Crippen LogP contribution in [-0.4, -0.2) is 0 Å². The van der Waals surface area contributed by atoms with E-state index < -0.39 is 0 Å². The lowest BCUT2D eigenvalue weighted by Crippen LogP contribution is -1.97. The molecular weight excluding hydrogens is 741 g/mol. The van der Waals surface area contributed by atoms with Gasteiger partial charge in [-0.3, -0.25) is 0 Å². The number of hydrogen-bond acceptors (Lipinski definition) is 2. The molecule has 0 aliphatic heterocycles. The molecule has 9 aromatic carbocycles. The van der Waals surface area contributed by atoms with E-state index in [1.807, 2.05) is 0 Å². The van der Waals surface area contributed by atoms with Gasteiger partial charge in [-0.1, -0.05) is 141 Å². The number of hydrogen-bond donors (Lipinski definition) is 0. The number of aryl methyl sites for hydroxylation is 1. The minimum Gasteiger partial charge on any atom is -0.456 e. The Bertz CT molecular complexity index is 3420. The lowest BCUT2D eigenvalue weighted by atomic mass is 9.86. The second-order valence-electron chi connectivity index (χ2n) is 16.5. The first kappa shape index (κ1) is 36.6. The summed E-state index contributed by atoms with van der Waals surface area (Å²) in [6.07, 6.45) is 1.05. The summed E-state index contributed by atoms with van der Waals surface area (Å²) in [5, 5.41) is 4.57. The number of fused-ring (bicyclic) bond motifs is 6. The molecule has 1 unspecified atom stereocenters. The Morgan fingerprint density at radius 1 is 0.344 bits per heavy atom. The maximum atomic E-state index is 6.64. The fourth-order valence-corrected chi connectivity index (χ4v) is 9.13. The monoisotopic (exact) mass is 784 g/mol. The second-order valence-corrected chi connectivity index (χ2v) is 16.5. The van der Waals surface area contributed by atoms with Crippen molar-refractivity contribution >= 4 is 43.9 Å². The van der Waals surface area contributed by atoms with E-state index in [0.29, 0.717) is 5.92 Å². The van der Waals surface area contributed by atoms with E-state index in [-0.39, 0.29) is 0 Å². The van der Waals surface area contributed by atoms with Crippen molar-refractivity contribution in [2.75, 3.05) is 0 Å². The van der Waals surface area contributed by atoms with Gasteiger partial charge in [-0.15, -0.1) is 0 Å². The average Bonchev–Trinajstić information content (AvgIpc) is 3.88. The zero-order chi connectivity index (χ0) is 41.0. The van der Waals surface area contributed by atoms with Crippen LogP contribution >= 0.6 is 0 Å². The van der Waals surface area contributed by atoms with Gasteiger partial charge in [0.2, 0.25) is 0 Å². The van der Waals surface area contributed by atoms with Gasteiger partial charge in [-0.05, 0) is 164 Å². The van der Waals surface area contributed by atoms with Gasteiger partial charge in [0.15, 0.2) is 0 Å². The van der Waals surface area contributed by atoms with Gasteiger partial charge in [0.1, 0.15) is 22.3 Å². The summed E-state index contributed by atoms with van der Waals surface area (Å²) in [4.78, 5) is 0. The first-order chi connectivity index (χ1) is 30.0. The van der Waals surface area contributed by atoms with Gasteiger partial charge in [0.25, 0.3) is 0 Å². The van der Waals surface area contributed by atoms with Crippen molar-refractivity contribution < 1.29 is 8.83 Å². The quantitative estimate of drug-likeness (QED) is 0.153. The maximum absolute atomic E-state index is 6.64. The molecule has 61 heavy (non-hydrogen) atoms. The van der Waals surface area contributed by atoms with E-state index in [9.17, 15) is 0 Å². The van der Waals surface area contributed by atoms with Crippen LogP contribution < -0.4 is 0 Å². The minimum absolute atomic E-state index is 0.383. The standard InChI is InChI=1S/C59H44O2/c1-4-37(2)51-35-55-54-33-47(25-28-57(54)61-59(55)36-52(51)50-31-45(22-21-38(50)3)39-13-7-5-8-14-39)43-19-11-17-41(29-43)42-18-12-20-44(30-42)48-23-26-49-53-32-46(40-15-9-6-10-16-40)24-27-56(53)60-58(49)34-48/h5-37H,4H2,1-3H3. The van der Waals surface area contributed by atoms with Gasteiger partial charge in [-0.2, -0.15) is 0 Å². The second kappa shape index (κ2) is 15.0. The molecule has 11 aromatic rings. The van der Waals surface area contributed by atoms with Crippen molar-refractivity contribution in [3.05, 3.63) is 205 Å². The highest BCUT2D eigenvalue weighted by Gasteiger charge is 2.19. The van der Waals surface area contributed by atoms with E-state index in [1.165, 1.54) is 66.8 Å². The maximum Gasteiger partial charge on any atom is 0.136 e.